The lowest BCUT2D eigenvalue weighted by Crippen LogP contribution is -2.35. The summed E-state index contributed by atoms with van der Waals surface area (Å²) in [6, 6.07) is 1.64. The molecule has 82 valence electrons. The third kappa shape index (κ3) is 2.72. The van der Waals surface area contributed by atoms with Crippen molar-refractivity contribution < 1.29 is 14.4 Å². The van der Waals surface area contributed by atoms with E-state index in [2.05, 4.69) is 6.58 Å². The standard InChI is InChI=1S/C12H17NO2/c1-5-13-7-6-11(14)12(10(13)4)15-8-9(2)3/h6-7H,2,5,8H2,1,3-4H3/p+1. The first kappa shape index (κ1) is 11.6. The molecule has 1 N–H and O–H groups in total. The van der Waals surface area contributed by atoms with Crippen molar-refractivity contribution in [2.45, 2.75) is 27.3 Å². The van der Waals surface area contributed by atoms with Crippen molar-refractivity contribution in [3.63, 3.8) is 0 Å². The van der Waals surface area contributed by atoms with Gasteiger partial charge in [0.1, 0.15) is 13.2 Å². The Kier molecular flexibility index (Phi) is 3.72. The highest BCUT2D eigenvalue weighted by atomic mass is 16.5. The Morgan fingerprint density at radius 1 is 1.60 bits per heavy atom. The maximum Gasteiger partial charge on any atom is 0.229 e. The van der Waals surface area contributed by atoms with E-state index in [1.165, 1.54) is 0 Å². The van der Waals surface area contributed by atoms with E-state index in [1.54, 1.807) is 6.07 Å². The molecule has 1 aromatic rings. The highest BCUT2D eigenvalue weighted by Gasteiger charge is 2.16. The van der Waals surface area contributed by atoms with Crippen LogP contribution in [0.15, 0.2) is 24.4 Å². The number of aromatic nitrogens is 1. The largest absolute Gasteiger partial charge is 0.504 e. The predicted molar refractivity (Wildman–Crippen MR) is 59.0 cm³/mol. The minimum atomic E-state index is 0.179. The Morgan fingerprint density at radius 2 is 2.27 bits per heavy atom. The molecule has 0 fully saturated rings. The van der Waals surface area contributed by atoms with Crippen LogP contribution in [-0.4, -0.2) is 11.7 Å². The van der Waals surface area contributed by atoms with Crippen molar-refractivity contribution >= 4 is 0 Å². The molecule has 0 saturated heterocycles. The highest BCUT2D eigenvalue weighted by molar-refractivity contribution is 5.38. The van der Waals surface area contributed by atoms with Gasteiger partial charge < -0.3 is 9.84 Å². The predicted octanol–water partition coefficient (Wildman–Crippen LogP) is 1.96. The minimum Gasteiger partial charge on any atom is -0.504 e. The minimum absolute atomic E-state index is 0.179. The Morgan fingerprint density at radius 3 is 2.80 bits per heavy atom. The van der Waals surface area contributed by atoms with Crippen LogP contribution in [0.25, 0.3) is 0 Å². The summed E-state index contributed by atoms with van der Waals surface area (Å²) >= 11 is 0. The Balaban J connectivity index is 2.98. The van der Waals surface area contributed by atoms with E-state index in [0.29, 0.717) is 12.4 Å². The van der Waals surface area contributed by atoms with Gasteiger partial charge in [-0.05, 0) is 19.4 Å². The van der Waals surface area contributed by atoms with Gasteiger partial charge in [-0.25, -0.2) is 0 Å². The zero-order valence-electron chi connectivity index (χ0n) is 9.58. The van der Waals surface area contributed by atoms with Gasteiger partial charge in [-0.3, -0.25) is 0 Å². The van der Waals surface area contributed by atoms with Gasteiger partial charge in [0, 0.05) is 13.0 Å². The Labute approximate surface area is 90.6 Å². The van der Waals surface area contributed by atoms with Crippen LogP contribution in [0.5, 0.6) is 11.5 Å². The van der Waals surface area contributed by atoms with Gasteiger partial charge in [-0.2, -0.15) is 4.57 Å². The van der Waals surface area contributed by atoms with Crippen LogP contribution >= 0.6 is 0 Å². The molecule has 1 heterocycles. The van der Waals surface area contributed by atoms with Crippen LogP contribution in [0, 0.1) is 6.92 Å². The summed E-state index contributed by atoms with van der Waals surface area (Å²) in [5, 5.41) is 9.66. The van der Waals surface area contributed by atoms with Crippen LogP contribution in [-0.2, 0) is 6.54 Å². The molecule has 0 bridgehead atoms. The van der Waals surface area contributed by atoms with Gasteiger partial charge in [0.05, 0.1) is 0 Å². The number of aromatic hydroxyl groups is 1. The second kappa shape index (κ2) is 4.82. The third-order valence-electron chi connectivity index (χ3n) is 2.21. The zero-order chi connectivity index (χ0) is 11.4. The molecule has 0 aliphatic carbocycles. The second-order valence-electron chi connectivity index (χ2n) is 3.65. The molecule has 0 amide bonds. The lowest BCUT2D eigenvalue weighted by molar-refractivity contribution is -0.699. The normalized spacial score (nSPS) is 10.1. The summed E-state index contributed by atoms with van der Waals surface area (Å²) in [7, 11) is 0. The van der Waals surface area contributed by atoms with Gasteiger partial charge in [-0.1, -0.05) is 6.58 Å². The van der Waals surface area contributed by atoms with Crippen molar-refractivity contribution in [1.82, 2.24) is 0 Å². The summed E-state index contributed by atoms with van der Waals surface area (Å²) < 4.78 is 7.52. The smallest absolute Gasteiger partial charge is 0.229 e. The quantitative estimate of drug-likeness (QED) is 0.606. The number of hydrogen-bond donors (Lipinski definition) is 1. The molecule has 0 saturated carbocycles. The zero-order valence-corrected chi connectivity index (χ0v) is 9.58. The Hall–Kier alpha value is -1.51. The van der Waals surface area contributed by atoms with Gasteiger partial charge in [-0.15, -0.1) is 0 Å². The monoisotopic (exact) mass is 208 g/mol. The van der Waals surface area contributed by atoms with E-state index in [1.807, 2.05) is 31.5 Å². The summed E-state index contributed by atoms with van der Waals surface area (Å²) in [5.41, 5.74) is 1.86. The van der Waals surface area contributed by atoms with Crippen LogP contribution in [0.4, 0.5) is 0 Å². The molecular weight excluding hydrogens is 190 g/mol. The number of rotatable bonds is 4. The number of aryl methyl sites for hydroxylation is 1. The van der Waals surface area contributed by atoms with Crippen LogP contribution in [0.3, 0.4) is 0 Å². The molecule has 1 rings (SSSR count). The molecule has 0 aromatic carbocycles. The van der Waals surface area contributed by atoms with Crippen molar-refractivity contribution in [2.75, 3.05) is 6.61 Å². The van der Waals surface area contributed by atoms with E-state index >= 15 is 0 Å². The van der Waals surface area contributed by atoms with Gasteiger partial charge >= 0.3 is 0 Å². The highest BCUT2D eigenvalue weighted by Crippen LogP contribution is 2.26. The molecule has 0 aliphatic rings. The average Bonchev–Trinajstić information content (AvgIpc) is 2.17. The average molecular weight is 208 g/mol. The first-order chi connectivity index (χ1) is 7.06. The van der Waals surface area contributed by atoms with Gasteiger partial charge in [0.25, 0.3) is 0 Å². The van der Waals surface area contributed by atoms with Crippen molar-refractivity contribution in [1.29, 1.82) is 0 Å². The molecule has 0 radical (unpaired) electrons. The van der Waals surface area contributed by atoms with Crippen molar-refractivity contribution in [2.24, 2.45) is 0 Å². The fraction of sp³-hybridized carbons (Fsp3) is 0.417. The van der Waals surface area contributed by atoms with Crippen LogP contribution in [0.2, 0.25) is 0 Å². The molecule has 3 heteroatoms. The first-order valence-corrected chi connectivity index (χ1v) is 5.05. The summed E-state index contributed by atoms with van der Waals surface area (Å²) in [5.74, 6) is 0.723. The van der Waals surface area contributed by atoms with E-state index in [0.717, 1.165) is 17.8 Å². The number of ether oxygens (including phenoxy) is 1. The van der Waals surface area contributed by atoms with Gasteiger partial charge in [0.2, 0.25) is 11.4 Å². The van der Waals surface area contributed by atoms with Crippen LogP contribution in [0.1, 0.15) is 19.5 Å². The first-order valence-electron chi connectivity index (χ1n) is 5.05. The number of nitrogens with zero attached hydrogens (tertiary/aromatic N) is 1. The van der Waals surface area contributed by atoms with E-state index in [-0.39, 0.29) is 5.75 Å². The van der Waals surface area contributed by atoms with Crippen molar-refractivity contribution in [3.05, 3.63) is 30.1 Å². The van der Waals surface area contributed by atoms with E-state index < -0.39 is 0 Å². The van der Waals surface area contributed by atoms with Crippen molar-refractivity contribution in [3.8, 4) is 11.5 Å². The molecule has 0 unspecified atom stereocenters. The van der Waals surface area contributed by atoms with E-state index in [9.17, 15) is 5.11 Å². The third-order valence-corrected chi connectivity index (χ3v) is 2.21. The number of hydrogen-bond acceptors (Lipinski definition) is 2. The summed E-state index contributed by atoms with van der Waals surface area (Å²) in [6.45, 7) is 10.9. The second-order valence-corrected chi connectivity index (χ2v) is 3.65. The lowest BCUT2D eigenvalue weighted by Gasteiger charge is -2.09. The molecule has 0 atom stereocenters. The molecule has 1 aromatic heterocycles. The summed E-state index contributed by atoms with van der Waals surface area (Å²) in [4.78, 5) is 0. The van der Waals surface area contributed by atoms with Crippen LogP contribution < -0.4 is 9.30 Å². The topological polar surface area (TPSA) is 33.3 Å². The SMILES string of the molecule is C=C(C)COc1c(O)cc[n+](CC)c1C. The molecule has 0 spiro atoms. The lowest BCUT2D eigenvalue weighted by atomic mass is 10.3. The maximum absolute atomic E-state index is 9.66. The van der Waals surface area contributed by atoms with Gasteiger partial charge in [0.15, 0.2) is 11.9 Å². The maximum atomic E-state index is 9.66. The molecule has 15 heavy (non-hydrogen) atoms. The Bertz CT molecular complexity index is 372. The fourth-order valence-electron chi connectivity index (χ4n) is 1.38. The number of pyridine rings is 1. The van der Waals surface area contributed by atoms with E-state index in [4.69, 9.17) is 4.74 Å². The fourth-order valence-corrected chi connectivity index (χ4v) is 1.38. The summed E-state index contributed by atoms with van der Waals surface area (Å²) in [6.07, 6.45) is 1.85. The molecular formula is C12H18NO2+. The molecule has 3 nitrogen and oxygen atoms in total. The molecule has 0 aliphatic heterocycles.